The molecule has 3 rings (SSSR count). The Morgan fingerprint density at radius 1 is 1.23 bits per heavy atom. The van der Waals surface area contributed by atoms with Crippen molar-refractivity contribution in [3.8, 4) is 0 Å². The first-order chi connectivity index (χ1) is 14.5. The summed E-state index contributed by atoms with van der Waals surface area (Å²) in [5.74, 6) is -0.846. The molecule has 0 N–H and O–H groups in total. The highest BCUT2D eigenvalue weighted by atomic mass is 19.1. The van der Waals surface area contributed by atoms with Crippen LogP contribution in [-0.4, -0.2) is 35.7 Å². The number of oxime groups is 1. The largest absolute Gasteiger partial charge is 0.503 e. The van der Waals surface area contributed by atoms with Crippen molar-refractivity contribution in [2.75, 3.05) is 14.2 Å². The zero-order chi connectivity index (χ0) is 21.7. The maximum absolute atomic E-state index is 13.5. The predicted molar refractivity (Wildman–Crippen MR) is 111 cm³/mol. The van der Waals surface area contributed by atoms with E-state index in [-0.39, 0.29) is 18.0 Å². The van der Waals surface area contributed by atoms with Crippen molar-refractivity contribution in [2.45, 2.75) is 13.5 Å². The summed E-state index contributed by atoms with van der Waals surface area (Å²) in [5, 5.41) is 9.36. The Hall–Kier alpha value is -3.68. The second-order valence-corrected chi connectivity index (χ2v) is 6.50. The minimum absolute atomic E-state index is 0.116. The van der Waals surface area contributed by atoms with Crippen LogP contribution in [-0.2, 0) is 32.8 Å². The molecular formula is C22H22FN3O4. The van der Waals surface area contributed by atoms with Gasteiger partial charge in [0.05, 0.1) is 26.0 Å². The highest BCUT2D eigenvalue weighted by Gasteiger charge is 2.17. The molecule has 156 valence electrons. The van der Waals surface area contributed by atoms with Gasteiger partial charge in [-0.1, -0.05) is 29.4 Å². The molecule has 1 aromatic heterocycles. The summed E-state index contributed by atoms with van der Waals surface area (Å²) in [6, 6.07) is 11.7. The fraction of sp³-hybridized carbons (Fsp3) is 0.227. The van der Waals surface area contributed by atoms with Gasteiger partial charge in [-0.2, -0.15) is 5.10 Å². The topological polar surface area (TPSA) is 74.9 Å². The molecule has 0 bridgehead atoms. The molecular weight excluding hydrogens is 389 g/mol. The molecule has 1 heterocycles. The summed E-state index contributed by atoms with van der Waals surface area (Å²) in [6.45, 7) is 1.88. The highest BCUT2D eigenvalue weighted by Crippen LogP contribution is 2.23. The summed E-state index contributed by atoms with van der Waals surface area (Å²) >= 11 is 0. The van der Waals surface area contributed by atoms with Crippen LogP contribution in [0.15, 0.2) is 53.9 Å². The fourth-order valence-corrected chi connectivity index (χ4v) is 3.10. The number of fused-ring (bicyclic) bond motifs is 1. The van der Waals surface area contributed by atoms with Crippen LogP contribution >= 0.6 is 0 Å². The zero-order valence-electron chi connectivity index (χ0n) is 17.2. The van der Waals surface area contributed by atoms with Crippen LogP contribution < -0.4 is 0 Å². The molecule has 2 aromatic carbocycles. The molecule has 0 radical (unpaired) electrons. The number of halogens is 1. The van der Waals surface area contributed by atoms with E-state index in [1.165, 1.54) is 32.6 Å². The summed E-state index contributed by atoms with van der Waals surface area (Å²) in [6.07, 6.45) is 1.33. The Balaban J connectivity index is 1.84. The molecule has 0 atom stereocenters. The van der Waals surface area contributed by atoms with Gasteiger partial charge in [0.15, 0.2) is 0 Å². The van der Waals surface area contributed by atoms with Gasteiger partial charge in [-0.25, -0.2) is 9.18 Å². The number of rotatable bonds is 7. The normalized spacial score (nSPS) is 12.2. The van der Waals surface area contributed by atoms with E-state index in [1.807, 2.05) is 12.1 Å². The van der Waals surface area contributed by atoms with E-state index >= 15 is 0 Å². The number of hydrogen-bond donors (Lipinski definition) is 0. The standard InChI is InChI=1S/C22H22FN3O4/c1-14(21-18-10-9-16(23)11-20(18)26(2)24-21)25-30-12-15-7-5-6-8-17(15)19(13-28-3)22(27)29-4/h5-11,13H,12H2,1-4H3/b19-13+,25-14-. The molecule has 0 aliphatic carbocycles. The van der Waals surface area contributed by atoms with E-state index in [4.69, 9.17) is 14.3 Å². The van der Waals surface area contributed by atoms with Gasteiger partial charge in [-0.15, -0.1) is 0 Å². The predicted octanol–water partition coefficient (Wildman–Crippen LogP) is 3.81. The zero-order valence-corrected chi connectivity index (χ0v) is 17.2. The second kappa shape index (κ2) is 9.21. The van der Waals surface area contributed by atoms with Crippen LogP contribution in [0.25, 0.3) is 16.5 Å². The van der Waals surface area contributed by atoms with Crippen LogP contribution in [0.4, 0.5) is 4.39 Å². The molecule has 30 heavy (non-hydrogen) atoms. The van der Waals surface area contributed by atoms with E-state index in [0.717, 1.165) is 10.9 Å². The van der Waals surface area contributed by atoms with Crippen LogP contribution in [0.2, 0.25) is 0 Å². The SMILES string of the molecule is CO/C=C(/C(=O)OC)c1ccccc1CO/N=C(/C)c1nn(C)c2cc(F)ccc12. The minimum atomic E-state index is -0.517. The molecule has 0 amide bonds. The third-order valence-electron chi connectivity index (χ3n) is 4.53. The number of esters is 1. The molecule has 0 aliphatic rings. The Kier molecular flexibility index (Phi) is 6.46. The van der Waals surface area contributed by atoms with E-state index in [1.54, 1.807) is 36.9 Å². The van der Waals surface area contributed by atoms with Crippen molar-refractivity contribution in [3.05, 3.63) is 71.4 Å². The van der Waals surface area contributed by atoms with Crippen molar-refractivity contribution in [3.63, 3.8) is 0 Å². The maximum Gasteiger partial charge on any atom is 0.341 e. The smallest absolute Gasteiger partial charge is 0.341 e. The average molecular weight is 411 g/mol. The molecule has 0 unspecified atom stereocenters. The van der Waals surface area contributed by atoms with Crippen LogP contribution in [0.3, 0.4) is 0 Å². The Bertz CT molecular complexity index is 1130. The number of benzene rings is 2. The van der Waals surface area contributed by atoms with Gasteiger partial charge in [0.2, 0.25) is 0 Å². The van der Waals surface area contributed by atoms with E-state index in [2.05, 4.69) is 10.3 Å². The van der Waals surface area contributed by atoms with Crippen molar-refractivity contribution in [2.24, 2.45) is 12.2 Å². The molecule has 8 heteroatoms. The van der Waals surface area contributed by atoms with Gasteiger partial charge in [0.25, 0.3) is 0 Å². The van der Waals surface area contributed by atoms with Crippen LogP contribution in [0.1, 0.15) is 23.7 Å². The average Bonchev–Trinajstić information content (AvgIpc) is 3.08. The Morgan fingerprint density at radius 3 is 2.73 bits per heavy atom. The molecule has 0 saturated heterocycles. The van der Waals surface area contributed by atoms with E-state index in [0.29, 0.717) is 22.5 Å². The first kappa shape index (κ1) is 21.0. The lowest BCUT2D eigenvalue weighted by Crippen LogP contribution is -2.07. The van der Waals surface area contributed by atoms with Crippen LogP contribution in [0.5, 0.6) is 0 Å². The van der Waals surface area contributed by atoms with Gasteiger partial charge in [0.1, 0.15) is 29.4 Å². The van der Waals surface area contributed by atoms with Gasteiger partial charge >= 0.3 is 5.97 Å². The number of methoxy groups -OCH3 is 2. The Labute approximate surface area is 173 Å². The summed E-state index contributed by atoms with van der Waals surface area (Å²) in [4.78, 5) is 17.6. The molecule has 0 spiro atoms. The number of aromatic nitrogens is 2. The summed E-state index contributed by atoms with van der Waals surface area (Å²) in [7, 11) is 4.51. The van der Waals surface area contributed by atoms with Gasteiger partial charge in [-0.05, 0) is 30.7 Å². The first-order valence-corrected chi connectivity index (χ1v) is 9.15. The van der Waals surface area contributed by atoms with E-state index < -0.39 is 5.97 Å². The lowest BCUT2D eigenvalue weighted by Gasteiger charge is -2.11. The number of nitrogens with zero attached hydrogens (tertiary/aromatic N) is 3. The highest BCUT2D eigenvalue weighted by molar-refractivity contribution is 6.16. The van der Waals surface area contributed by atoms with Gasteiger partial charge in [-0.3, -0.25) is 4.68 Å². The van der Waals surface area contributed by atoms with Crippen LogP contribution in [0, 0.1) is 5.82 Å². The van der Waals surface area contributed by atoms with Crippen molar-refractivity contribution < 1.29 is 23.5 Å². The Morgan fingerprint density at radius 2 is 2.00 bits per heavy atom. The molecule has 0 saturated carbocycles. The van der Waals surface area contributed by atoms with Gasteiger partial charge in [0, 0.05) is 18.0 Å². The number of aryl methyl sites for hydroxylation is 1. The lowest BCUT2D eigenvalue weighted by atomic mass is 10.0. The van der Waals surface area contributed by atoms with E-state index in [9.17, 15) is 9.18 Å². The lowest BCUT2D eigenvalue weighted by molar-refractivity contribution is -0.133. The van der Waals surface area contributed by atoms with Gasteiger partial charge < -0.3 is 14.3 Å². The van der Waals surface area contributed by atoms with Crippen molar-refractivity contribution >= 4 is 28.2 Å². The summed E-state index contributed by atoms with van der Waals surface area (Å²) in [5.41, 5.74) is 3.45. The number of ether oxygens (including phenoxy) is 2. The molecule has 7 nitrogen and oxygen atoms in total. The third kappa shape index (κ3) is 4.32. The quantitative estimate of drug-likeness (QED) is 0.194. The third-order valence-corrected chi connectivity index (χ3v) is 4.53. The summed E-state index contributed by atoms with van der Waals surface area (Å²) < 4.78 is 25.0. The fourth-order valence-electron chi connectivity index (χ4n) is 3.10. The number of hydrogen-bond acceptors (Lipinski definition) is 6. The second-order valence-electron chi connectivity index (χ2n) is 6.50. The molecule has 0 fully saturated rings. The number of carbonyl (C=O) groups is 1. The first-order valence-electron chi connectivity index (χ1n) is 9.15. The monoisotopic (exact) mass is 411 g/mol. The molecule has 3 aromatic rings. The maximum atomic E-state index is 13.5. The van der Waals surface area contributed by atoms with Crippen molar-refractivity contribution in [1.29, 1.82) is 0 Å². The molecule has 0 aliphatic heterocycles. The minimum Gasteiger partial charge on any atom is -0.503 e. The number of carbonyl (C=O) groups excluding carboxylic acids is 1. The van der Waals surface area contributed by atoms with Crippen molar-refractivity contribution in [1.82, 2.24) is 9.78 Å².